The number of rotatable bonds is 11. The van der Waals surface area contributed by atoms with Crippen molar-refractivity contribution in [2.24, 2.45) is 4.99 Å². The van der Waals surface area contributed by atoms with Crippen molar-refractivity contribution in [1.29, 1.82) is 0 Å². The van der Waals surface area contributed by atoms with E-state index in [0.29, 0.717) is 69.2 Å². The molecule has 2 fully saturated rings. The van der Waals surface area contributed by atoms with E-state index in [1.54, 1.807) is 90.7 Å². The number of hydrogen-bond acceptors (Lipinski definition) is 8. The Labute approximate surface area is 483 Å². The van der Waals surface area contributed by atoms with Gasteiger partial charge in [-0.15, -0.1) is 23.2 Å². The van der Waals surface area contributed by atoms with E-state index in [0.717, 1.165) is 38.9 Å². The van der Waals surface area contributed by atoms with Crippen molar-refractivity contribution in [2.45, 2.75) is 38.0 Å². The Balaban J connectivity index is 0.000000215. The number of aryl methyl sites for hydroxylation is 2. The van der Waals surface area contributed by atoms with Gasteiger partial charge in [0.15, 0.2) is 0 Å². The van der Waals surface area contributed by atoms with Crippen molar-refractivity contribution >= 4 is 105 Å². The number of benzene rings is 6. The van der Waals surface area contributed by atoms with E-state index >= 15 is 0 Å². The number of piperazine rings is 2. The van der Waals surface area contributed by atoms with Crippen molar-refractivity contribution in [3.63, 3.8) is 0 Å². The summed E-state index contributed by atoms with van der Waals surface area (Å²) in [7, 11) is 3.18. The Kier molecular flexibility index (Phi) is 21.0. The fourth-order valence-electron chi connectivity index (χ4n) is 9.15. The normalized spacial score (nSPS) is 16.6. The molecule has 3 aliphatic rings. The molecule has 78 heavy (non-hydrogen) atoms. The number of ether oxygens (including phenoxy) is 2. The summed E-state index contributed by atoms with van der Waals surface area (Å²) in [5.41, 5.74) is 6.18. The third kappa shape index (κ3) is 14.9. The number of amidine groups is 1. The molecule has 4 N–H and O–H groups in total. The molecule has 0 saturated carbocycles. The van der Waals surface area contributed by atoms with Crippen LogP contribution in [0.15, 0.2) is 138 Å². The first-order valence-corrected chi connectivity index (χ1v) is 27.1. The second-order valence-corrected chi connectivity index (χ2v) is 20.6. The van der Waals surface area contributed by atoms with Gasteiger partial charge in [-0.1, -0.05) is 94.9 Å². The quantitative estimate of drug-likeness (QED) is 0.0934. The van der Waals surface area contributed by atoms with Crippen LogP contribution < -0.4 is 30.7 Å². The number of carbonyl (C=O) groups excluding carboxylic acids is 5. The summed E-state index contributed by atoms with van der Waals surface area (Å²) in [5.74, 6) is 1.16. The van der Waals surface area contributed by atoms with E-state index < -0.39 is 30.2 Å². The van der Waals surface area contributed by atoms with Crippen molar-refractivity contribution in [1.82, 2.24) is 36.0 Å². The number of aliphatic imine (C=N–C) groups is 1. The Morgan fingerprint density at radius 1 is 0.615 bits per heavy atom. The molecule has 15 nitrogen and oxygen atoms in total. The predicted octanol–water partition coefficient (Wildman–Crippen LogP) is 11.5. The summed E-state index contributed by atoms with van der Waals surface area (Å²) in [5, 5.41) is 14.1. The van der Waals surface area contributed by atoms with Gasteiger partial charge in [-0.25, -0.2) is 9.59 Å². The Hall–Kier alpha value is -6.72. The molecule has 2 saturated heterocycles. The molecule has 0 unspecified atom stereocenters. The zero-order valence-electron chi connectivity index (χ0n) is 42.9. The zero-order valence-corrected chi connectivity index (χ0v) is 47.4. The zero-order chi connectivity index (χ0) is 56.0. The van der Waals surface area contributed by atoms with Crippen LogP contribution >= 0.6 is 69.6 Å². The van der Waals surface area contributed by atoms with Crippen LogP contribution in [0.3, 0.4) is 0 Å². The fraction of sp³-hybridized carbons (Fsp3) is 0.263. The lowest BCUT2D eigenvalue weighted by molar-refractivity contribution is -0.124. The number of urea groups is 2. The third-order valence-electron chi connectivity index (χ3n) is 13.0. The summed E-state index contributed by atoms with van der Waals surface area (Å²) in [6.45, 7) is 5.28. The molecule has 408 valence electrons. The molecule has 0 aromatic heterocycles. The van der Waals surface area contributed by atoms with Gasteiger partial charge in [0.05, 0.1) is 37.7 Å². The number of carbonyl (C=O) groups is 5. The second-order valence-electron chi connectivity index (χ2n) is 18.1. The highest BCUT2D eigenvalue weighted by atomic mass is 35.5. The lowest BCUT2D eigenvalue weighted by atomic mass is 9.92. The highest BCUT2D eigenvalue weighted by molar-refractivity contribution is 6.40. The molecule has 0 radical (unpaired) electrons. The topological polar surface area (TPSA) is 174 Å². The van der Waals surface area contributed by atoms with Crippen molar-refractivity contribution in [3.05, 3.63) is 198 Å². The number of halogens is 6. The molecular formula is C57H56Cl6N8O7. The Morgan fingerprint density at radius 2 is 1.06 bits per heavy atom. The van der Waals surface area contributed by atoms with Gasteiger partial charge in [-0.3, -0.25) is 24.3 Å². The minimum atomic E-state index is -0.701. The van der Waals surface area contributed by atoms with Crippen LogP contribution in [0, 0.1) is 13.8 Å². The monoisotopic (exact) mass is 1170 g/mol. The summed E-state index contributed by atoms with van der Waals surface area (Å²) in [6.07, 6.45) is 0. The summed E-state index contributed by atoms with van der Waals surface area (Å²) >= 11 is 34.2. The maximum absolute atomic E-state index is 14.2. The van der Waals surface area contributed by atoms with Gasteiger partial charge in [0.2, 0.25) is 11.8 Å². The average molecular weight is 1180 g/mol. The van der Waals surface area contributed by atoms with Gasteiger partial charge < -0.3 is 40.5 Å². The largest absolute Gasteiger partial charge is 0.497 e. The number of amides is 7. The minimum absolute atomic E-state index is 0.0108. The fourth-order valence-corrected chi connectivity index (χ4v) is 9.66. The van der Waals surface area contributed by atoms with E-state index in [9.17, 15) is 24.0 Å². The molecular weight excluding hydrogens is 1120 g/mol. The second kappa shape index (κ2) is 27.7. The molecule has 21 heteroatoms. The van der Waals surface area contributed by atoms with Gasteiger partial charge >= 0.3 is 12.1 Å². The first-order valence-electron chi connectivity index (χ1n) is 24.5. The van der Waals surface area contributed by atoms with Gasteiger partial charge in [0.25, 0.3) is 5.91 Å². The highest BCUT2D eigenvalue weighted by Gasteiger charge is 2.45. The van der Waals surface area contributed by atoms with Gasteiger partial charge in [0.1, 0.15) is 36.5 Å². The van der Waals surface area contributed by atoms with Crippen LogP contribution in [0.5, 0.6) is 11.5 Å². The number of hydrogen-bond donors (Lipinski definition) is 4. The molecule has 3 aliphatic heterocycles. The van der Waals surface area contributed by atoms with Gasteiger partial charge in [-0.2, -0.15) is 0 Å². The molecule has 4 atom stereocenters. The van der Waals surface area contributed by atoms with Crippen LogP contribution in [0.25, 0.3) is 0 Å². The number of alkyl halides is 2. The van der Waals surface area contributed by atoms with Crippen LogP contribution in [0.4, 0.5) is 9.59 Å². The molecule has 0 spiro atoms. The molecule has 6 aromatic rings. The first kappa shape index (κ1) is 59.0. The molecule has 6 aromatic carbocycles. The summed E-state index contributed by atoms with van der Waals surface area (Å²) < 4.78 is 10.7. The van der Waals surface area contributed by atoms with Crippen molar-refractivity contribution < 1.29 is 33.4 Å². The average Bonchev–Trinajstić information content (AvgIpc) is 3.98. The lowest BCUT2D eigenvalue weighted by Crippen LogP contribution is -2.55. The van der Waals surface area contributed by atoms with Crippen LogP contribution in [-0.4, -0.2) is 109 Å². The maximum atomic E-state index is 14.2. The smallest absolute Gasteiger partial charge is 0.326 e. The third-order valence-corrected chi connectivity index (χ3v) is 14.0. The van der Waals surface area contributed by atoms with E-state index in [2.05, 4.69) is 21.3 Å². The predicted molar refractivity (Wildman–Crippen MR) is 308 cm³/mol. The van der Waals surface area contributed by atoms with Crippen LogP contribution in [-0.2, 0) is 9.59 Å². The molecule has 3 heterocycles. The van der Waals surface area contributed by atoms with Crippen molar-refractivity contribution in [2.75, 3.05) is 58.8 Å². The van der Waals surface area contributed by atoms with E-state index in [1.807, 2.05) is 80.6 Å². The maximum Gasteiger partial charge on any atom is 0.326 e. The molecule has 9 rings (SSSR count). The summed E-state index contributed by atoms with van der Waals surface area (Å²) in [4.78, 5) is 75.0. The minimum Gasteiger partial charge on any atom is -0.497 e. The highest BCUT2D eigenvalue weighted by Crippen LogP contribution is 2.45. The molecule has 7 amide bonds. The number of methoxy groups -OCH3 is 2. The number of nitrogens with zero attached hydrogens (tertiary/aromatic N) is 4. The van der Waals surface area contributed by atoms with Gasteiger partial charge in [0, 0.05) is 57.4 Å². The first-order chi connectivity index (χ1) is 37.5. The standard InChI is InChI=1S/C28H28Cl2N4O4.C28H26Cl2N4O3.CH2Cl2/c1-17-15-22(38-2)11-12-23(17)27(36)32-25(18-3-7-20(29)8-4-18)26(19-5-9-21(30)10-6-19)33-28(37)34-14-13-31-24(35)16-34;1-17-15-22(37-2)11-12-23(17)27-32-25(18-3-7-20(29)8-4-18)26(19-5-9-21(30)10-6-19)34(27)28(36)33-14-13-31-24(35)16-33;2-1-3/h3-12,15,25-26H,13-14,16H2,1-2H3,(H,31,35)(H,32,36)(H,33,37);3-12,15,25-26H,13-14,16H2,1-2H3,(H,31,35);1H2/t2*25-,26+;/m00./s1. The van der Waals surface area contributed by atoms with Crippen molar-refractivity contribution in [3.8, 4) is 11.5 Å². The van der Waals surface area contributed by atoms with E-state index in [-0.39, 0.29) is 42.2 Å². The lowest BCUT2D eigenvalue weighted by Gasteiger charge is -2.35. The molecule has 0 bridgehead atoms. The molecule has 0 aliphatic carbocycles. The number of nitrogens with one attached hydrogen (secondary N) is 4. The Morgan fingerprint density at radius 3 is 1.55 bits per heavy atom. The van der Waals surface area contributed by atoms with Gasteiger partial charge in [-0.05, 0) is 132 Å². The van der Waals surface area contributed by atoms with Crippen LogP contribution in [0.2, 0.25) is 20.1 Å². The SMILES string of the molecule is COc1ccc(C(=O)N[C@@H](c2ccc(Cl)cc2)[C@H](NC(=O)N2CCNC(=O)C2)c2ccc(Cl)cc2)c(C)c1.COc1ccc(C2=N[C@@H](c3ccc(Cl)cc3)[C@@H](c3ccc(Cl)cc3)N2C(=O)N2CCNC(=O)C2)c(C)c1.ClCCl. The van der Waals surface area contributed by atoms with E-state index in [4.69, 9.17) is 84.1 Å². The van der Waals surface area contributed by atoms with Crippen LogP contribution in [0.1, 0.15) is 73.5 Å². The summed E-state index contributed by atoms with van der Waals surface area (Å²) in [6, 6.07) is 37.0. The Bertz CT molecular complexity index is 3120. The van der Waals surface area contributed by atoms with E-state index in [1.165, 1.54) is 4.90 Å².